The second-order valence-corrected chi connectivity index (χ2v) is 14.8. The fourth-order valence-electron chi connectivity index (χ4n) is 5.77. The van der Waals surface area contributed by atoms with Crippen molar-refractivity contribution in [3.8, 4) is 22.6 Å². The minimum absolute atomic E-state index is 0.0366. The molecule has 0 saturated carbocycles. The molecule has 11 nitrogen and oxygen atoms in total. The van der Waals surface area contributed by atoms with Gasteiger partial charge >= 0.3 is 0 Å². The van der Waals surface area contributed by atoms with Crippen LogP contribution in [-0.2, 0) is 32.6 Å². The van der Waals surface area contributed by atoms with Crippen molar-refractivity contribution in [2.24, 2.45) is 0 Å². The van der Waals surface area contributed by atoms with Crippen molar-refractivity contribution in [3.63, 3.8) is 0 Å². The van der Waals surface area contributed by atoms with Crippen LogP contribution in [0.1, 0.15) is 41.1 Å². The molecule has 1 aliphatic rings. The summed E-state index contributed by atoms with van der Waals surface area (Å²) in [6.45, 7) is 0.124. The lowest BCUT2D eigenvalue weighted by Crippen LogP contribution is -2.31. The summed E-state index contributed by atoms with van der Waals surface area (Å²) in [4.78, 5) is 0.225. The number of hydrogen-bond donors (Lipinski definition) is 3. The number of aliphatic hydroxyl groups excluding tert-OH is 1. The highest BCUT2D eigenvalue weighted by molar-refractivity contribution is 7.99. The molecule has 3 atom stereocenters. The van der Waals surface area contributed by atoms with Crippen LogP contribution in [0, 0.1) is 0 Å². The summed E-state index contributed by atoms with van der Waals surface area (Å²) in [6.07, 6.45) is -0.516. The lowest BCUT2D eigenvalue weighted by Gasteiger charge is -2.36. The second-order valence-electron chi connectivity index (χ2n) is 12.0. The van der Waals surface area contributed by atoms with Gasteiger partial charge in [0.2, 0.25) is 15.2 Å². The summed E-state index contributed by atoms with van der Waals surface area (Å²) in [5.74, 6) is 0.717. The van der Waals surface area contributed by atoms with Gasteiger partial charge in [-0.15, -0.1) is 5.10 Å². The SMILES string of the molecule is O=S(=O)(NCc1cccc(-c2ccc([C@@H]3O[C@H](CSc4nnnn4-c4ccc(O)cc4)C[C@H](c4ccc(CO)cc4)O3)cc2)c1)c1ccccc1. The number of aliphatic hydroxyl groups is 1. The Balaban J connectivity index is 1.07. The molecule has 13 heteroatoms. The number of phenols is 1. The summed E-state index contributed by atoms with van der Waals surface area (Å²) in [5, 5.41) is 32.1. The van der Waals surface area contributed by atoms with Crippen LogP contribution in [0.3, 0.4) is 0 Å². The Labute approximate surface area is 299 Å². The molecule has 1 aliphatic heterocycles. The van der Waals surface area contributed by atoms with Crippen LogP contribution < -0.4 is 4.72 Å². The van der Waals surface area contributed by atoms with Gasteiger partial charge in [-0.25, -0.2) is 13.1 Å². The molecule has 0 unspecified atom stereocenters. The van der Waals surface area contributed by atoms with E-state index in [1.165, 1.54) is 11.8 Å². The van der Waals surface area contributed by atoms with Crippen LogP contribution >= 0.6 is 11.8 Å². The van der Waals surface area contributed by atoms with Gasteiger partial charge < -0.3 is 19.7 Å². The maximum Gasteiger partial charge on any atom is 0.240 e. The smallest absolute Gasteiger partial charge is 0.240 e. The topological polar surface area (TPSA) is 149 Å². The highest BCUT2D eigenvalue weighted by Crippen LogP contribution is 2.40. The Morgan fingerprint density at radius 1 is 0.804 bits per heavy atom. The van der Waals surface area contributed by atoms with E-state index in [0.29, 0.717) is 17.3 Å². The van der Waals surface area contributed by atoms with Gasteiger partial charge in [-0.2, -0.15) is 4.68 Å². The molecule has 5 aromatic carbocycles. The van der Waals surface area contributed by atoms with E-state index in [-0.39, 0.29) is 36.0 Å². The molecule has 3 N–H and O–H groups in total. The molecule has 0 bridgehead atoms. The molecule has 0 spiro atoms. The Bertz CT molecular complexity index is 2160. The standard InChI is InChI=1S/C38H35N5O6S2/c44-24-26-9-11-29(12-10-26)36-22-34(25-50-38-40-41-42-43(38)32-17-19-33(45)20-18-32)48-37(49-36)30-15-13-28(14-16-30)31-6-4-5-27(21-31)23-39-51(46,47)35-7-2-1-3-8-35/h1-21,34,36-37,39,44-45H,22-25H2/t34-,36+,37+/m0/s1. The molecule has 1 saturated heterocycles. The minimum Gasteiger partial charge on any atom is -0.508 e. The molecule has 1 aromatic heterocycles. The zero-order chi connectivity index (χ0) is 35.2. The predicted molar refractivity (Wildman–Crippen MR) is 192 cm³/mol. The Morgan fingerprint density at radius 3 is 2.29 bits per heavy atom. The molecule has 0 amide bonds. The summed E-state index contributed by atoms with van der Waals surface area (Å²) >= 11 is 1.47. The highest BCUT2D eigenvalue weighted by atomic mass is 32.2. The molecule has 2 heterocycles. The molecule has 51 heavy (non-hydrogen) atoms. The van der Waals surface area contributed by atoms with Crippen LogP contribution in [0.25, 0.3) is 16.8 Å². The van der Waals surface area contributed by atoms with Crippen LogP contribution in [0.5, 0.6) is 5.75 Å². The number of phenolic OH excluding ortho intramolecular Hbond substituents is 1. The molecule has 0 aliphatic carbocycles. The zero-order valence-corrected chi connectivity index (χ0v) is 29.0. The van der Waals surface area contributed by atoms with Gasteiger partial charge in [0.25, 0.3) is 0 Å². The molecular weight excluding hydrogens is 687 g/mol. The van der Waals surface area contributed by atoms with Crippen LogP contribution in [0.2, 0.25) is 0 Å². The normalized spacial score (nSPS) is 17.7. The number of tetrazole rings is 1. The number of nitrogens with one attached hydrogen (secondary N) is 1. The third-order valence-electron chi connectivity index (χ3n) is 8.51. The minimum atomic E-state index is -3.63. The number of sulfonamides is 1. The van der Waals surface area contributed by atoms with Gasteiger partial charge in [-0.05, 0) is 80.7 Å². The van der Waals surface area contributed by atoms with E-state index < -0.39 is 16.3 Å². The average Bonchev–Trinajstić information content (AvgIpc) is 3.66. The molecule has 0 radical (unpaired) electrons. The summed E-state index contributed by atoms with van der Waals surface area (Å²) in [7, 11) is -3.63. The third-order valence-corrected chi connectivity index (χ3v) is 11.0. The van der Waals surface area contributed by atoms with Crippen molar-refractivity contribution in [2.45, 2.75) is 48.1 Å². The number of benzene rings is 5. The summed E-state index contributed by atoms with van der Waals surface area (Å²) in [6, 6.07) is 38.5. The highest BCUT2D eigenvalue weighted by Gasteiger charge is 2.32. The molecular formula is C38H35N5O6S2. The van der Waals surface area contributed by atoms with Gasteiger partial charge in [-0.1, -0.05) is 96.7 Å². The van der Waals surface area contributed by atoms with Crippen molar-refractivity contribution in [2.75, 3.05) is 5.75 Å². The number of hydrogen-bond acceptors (Lipinski definition) is 10. The lowest BCUT2D eigenvalue weighted by atomic mass is 9.99. The van der Waals surface area contributed by atoms with E-state index in [2.05, 4.69) is 20.2 Å². The maximum absolute atomic E-state index is 12.7. The predicted octanol–water partition coefficient (Wildman–Crippen LogP) is 6.34. The molecule has 6 aromatic rings. The van der Waals surface area contributed by atoms with E-state index in [9.17, 15) is 18.6 Å². The number of aromatic hydroxyl groups is 1. The van der Waals surface area contributed by atoms with Gasteiger partial charge in [0, 0.05) is 24.3 Å². The quantitative estimate of drug-likeness (QED) is 0.122. The monoisotopic (exact) mass is 721 g/mol. The van der Waals surface area contributed by atoms with E-state index >= 15 is 0 Å². The first-order chi connectivity index (χ1) is 24.8. The first kappa shape index (κ1) is 34.6. The molecule has 7 rings (SSSR count). The Kier molecular flexibility index (Phi) is 10.5. The van der Waals surface area contributed by atoms with Crippen LogP contribution in [0.4, 0.5) is 0 Å². The largest absolute Gasteiger partial charge is 0.508 e. The number of rotatable bonds is 12. The van der Waals surface area contributed by atoms with Crippen molar-refractivity contribution < 1.29 is 28.1 Å². The molecule has 260 valence electrons. The first-order valence-electron chi connectivity index (χ1n) is 16.3. The van der Waals surface area contributed by atoms with Crippen molar-refractivity contribution >= 4 is 21.8 Å². The van der Waals surface area contributed by atoms with Gasteiger partial charge in [0.1, 0.15) is 5.75 Å². The number of ether oxygens (including phenoxy) is 2. The number of nitrogens with zero attached hydrogens (tertiary/aromatic N) is 4. The fourth-order valence-corrected chi connectivity index (χ4v) is 7.72. The maximum atomic E-state index is 12.7. The fraction of sp³-hybridized carbons (Fsp3) is 0.184. The van der Waals surface area contributed by atoms with Crippen molar-refractivity contribution in [1.29, 1.82) is 0 Å². The van der Waals surface area contributed by atoms with E-state index in [0.717, 1.165) is 39.1 Å². The number of aromatic nitrogens is 4. The van der Waals surface area contributed by atoms with E-state index in [1.807, 2.05) is 72.8 Å². The van der Waals surface area contributed by atoms with E-state index in [4.69, 9.17) is 9.47 Å². The van der Waals surface area contributed by atoms with Gasteiger partial charge in [0.05, 0.1) is 29.4 Å². The first-order valence-corrected chi connectivity index (χ1v) is 18.8. The second kappa shape index (κ2) is 15.6. The summed E-state index contributed by atoms with van der Waals surface area (Å²) < 4.78 is 42.9. The Morgan fingerprint density at radius 2 is 1.55 bits per heavy atom. The number of thioether (sulfide) groups is 1. The Hall–Kier alpha value is -4.89. The average molecular weight is 722 g/mol. The van der Waals surface area contributed by atoms with Crippen LogP contribution in [-0.4, -0.2) is 50.7 Å². The lowest BCUT2D eigenvalue weighted by molar-refractivity contribution is -0.245. The van der Waals surface area contributed by atoms with Gasteiger partial charge in [-0.3, -0.25) is 0 Å². The van der Waals surface area contributed by atoms with Crippen molar-refractivity contribution in [3.05, 3.63) is 150 Å². The van der Waals surface area contributed by atoms with Gasteiger partial charge in [0.15, 0.2) is 6.29 Å². The molecule has 1 fully saturated rings. The zero-order valence-electron chi connectivity index (χ0n) is 27.3. The van der Waals surface area contributed by atoms with Crippen molar-refractivity contribution in [1.82, 2.24) is 24.9 Å². The van der Waals surface area contributed by atoms with Crippen LogP contribution in [0.15, 0.2) is 137 Å². The third kappa shape index (κ3) is 8.37. The summed E-state index contributed by atoms with van der Waals surface area (Å²) in [5.41, 5.74) is 6.14. The van der Waals surface area contributed by atoms with E-state index in [1.54, 1.807) is 59.3 Å².